The smallest absolute Gasteiger partial charge is 0.465 e. The van der Waals surface area contributed by atoms with Crippen LogP contribution in [-0.4, -0.2) is 67.2 Å². The quantitative estimate of drug-likeness (QED) is 0.323. The van der Waals surface area contributed by atoms with Crippen molar-refractivity contribution in [1.29, 1.82) is 0 Å². The second kappa shape index (κ2) is 11.8. The number of aromatic nitrogens is 2. The monoisotopic (exact) mass is 607 g/mol. The first-order valence-electron chi connectivity index (χ1n) is 13.5. The Labute approximate surface area is 246 Å². The summed E-state index contributed by atoms with van der Waals surface area (Å²) in [4.78, 5) is 44.0. The van der Waals surface area contributed by atoms with Crippen molar-refractivity contribution in [2.75, 3.05) is 11.9 Å². The molecule has 1 aliphatic rings. The van der Waals surface area contributed by atoms with Crippen LogP contribution in [-0.2, 0) is 17.9 Å². The van der Waals surface area contributed by atoms with Crippen LogP contribution in [0.15, 0.2) is 42.5 Å². The number of alkyl halides is 3. The molecule has 1 aliphatic heterocycles. The van der Waals surface area contributed by atoms with Crippen molar-refractivity contribution < 1.29 is 32.7 Å². The van der Waals surface area contributed by atoms with Gasteiger partial charge in [0.2, 0.25) is 5.95 Å². The van der Waals surface area contributed by atoms with Crippen LogP contribution in [0.5, 0.6) is 0 Å². The second-order valence-corrected chi connectivity index (χ2v) is 12.0. The molecule has 4 rings (SSSR count). The van der Waals surface area contributed by atoms with E-state index in [2.05, 4.69) is 10.3 Å². The molecule has 226 valence electrons. The molecule has 0 bridgehead atoms. The van der Waals surface area contributed by atoms with E-state index < -0.39 is 35.5 Å². The highest BCUT2D eigenvalue weighted by atomic mass is 35.5. The Morgan fingerprint density at radius 1 is 1.14 bits per heavy atom. The highest BCUT2D eigenvalue weighted by Crippen LogP contribution is 2.31. The molecule has 2 aromatic carbocycles. The van der Waals surface area contributed by atoms with Crippen molar-refractivity contribution in [1.82, 2.24) is 19.4 Å². The Morgan fingerprint density at radius 2 is 1.81 bits per heavy atom. The summed E-state index contributed by atoms with van der Waals surface area (Å²) in [7, 11) is 0. The van der Waals surface area contributed by atoms with E-state index in [1.165, 1.54) is 4.90 Å². The molecule has 0 spiro atoms. The van der Waals surface area contributed by atoms with Crippen molar-refractivity contribution in [2.45, 2.75) is 71.9 Å². The maximum Gasteiger partial charge on any atom is 0.471 e. The number of anilines is 1. The van der Waals surface area contributed by atoms with Gasteiger partial charge < -0.3 is 19.5 Å². The fourth-order valence-electron chi connectivity index (χ4n) is 5.03. The van der Waals surface area contributed by atoms with Gasteiger partial charge in [0.1, 0.15) is 0 Å². The van der Waals surface area contributed by atoms with Gasteiger partial charge in [-0.25, -0.2) is 9.78 Å². The van der Waals surface area contributed by atoms with E-state index >= 15 is 0 Å². The largest absolute Gasteiger partial charge is 0.471 e. The van der Waals surface area contributed by atoms with Gasteiger partial charge in [0.15, 0.2) is 0 Å². The number of benzene rings is 2. The summed E-state index contributed by atoms with van der Waals surface area (Å²) in [6.07, 6.45) is -4.77. The van der Waals surface area contributed by atoms with Gasteiger partial charge in [0, 0.05) is 36.3 Å². The molecular formula is C29H33ClF3N5O4. The highest BCUT2D eigenvalue weighted by Gasteiger charge is 2.45. The zero-order chi connectivity index (χ0) is 31.0. The van der Waals surface area contributed by atoms with Crippen molar-refractivity contribution in [3.63, 3.8) is 0 Å². The molecule has 2 heterocycles. The Morgan fingerprint density at radius 3 is 2.40 bits per heavy atom. The molecule has 0 radical (unpaired) electrons. The van der Waals surface area contributed by atoms with Crippen molar-refractivity contribution in [3.05, 3.63) is 58.6 Å². The van der Waals surface area contributed by atoms with Crippen LogP contribution in [0.2, 0.25) is 5.02 Å². The zero-order valence-electron chi connectivity index (χ0n) is 23.7. The van der Waals surface area contributed by atoms with Gasteiger partial charge in [-0.05, 0) is 67.1 Å². The number of nitrogens with zero attached hydrogens (tertiary/aromatic N) is 4. The third-order valence-corrected chi connectivity index (χ3v) is 7.99. The fraction of sp³-hybridized carbons (Fsp3) is 0.448. The first kappa shape index (κ1) is 31.1. The number of fused-ring (bicyclic) bond motifs is 1. The molecule has 3 amide bonds. The van der Waals surface area contributed by atoms with Crippen molar-refractivity contribution in [2.24, 2.45) is 5.41 Å². The Kier molecular flexibility index (Phi) is 8.77. The number of carboxylic acid groups (broad SMARTS) is 1. The number of carbonyl (C=O) groups excluding carboxylic acids is 2. The lowest BCUT2D eigenvalue weighted by Crippen LogP contribution is -2.50. The number of nitrogens with one attached hydrogen (secondary N) is 1. The summed E-state index contributed by atoms with van der Waals surface area (Å²) in [6.45, 7) is 7.16. The molecule has 0 saturated carbocycles. The standard InChI is InChI=1S/C29H33ClF3N5O4/c1-17(28(2,3)4)37(25(40)29(31,32)33)15-18-7-12-23-22(14-18)34-26(35-24(39)19-8-10-20(30)11-9-19)38(23)16-21-6-5-13-36(21)27(41)42/h7-12,14,17,21H,5-6,13,15-16H2,1-4H3,(H,41,42)(H,34,35,39)/t17-,21?/m0/s1. The third kappa shape index (κ3) is 6.80. The van der Waals surface area contributed by atoms with Crippen LogP contribution >= 0.6 is 11.6 Å². The minimum absolute atomic E-state index is 0.158. The van der Waals surface area contributed by atoms with Gasteiger partial charge in [-0.3, -0.25) is 14.9 Å². The molecule has 1 unspecified atom stereocenters. The van der Waals surface area contributed by atoms with Crippen LogP contribution in [0.4, 0.5) is 23.9 Å². The summed E-state index contributed by atoms with van der Waals surface area (Å²) in [5.41, 5.74) is 1.05. The molecule has 1 aromatic heterocycles. The van der Waals surface area contributed by atoms with Gasteiger partial charge in [-0.15, -0.1) is 0 Å². The molecule has 1 fully saturated rings. The maximum atomic E-state index is 13.5. The summed E-state index contributed by atoms with van der Waals surface area (Å²) in [6, 6.07) is 10.00. The van der Waals surface area contributed by atoms with Crippen molar-refractivity contribution in [3.8, 4) is 0 Å². The van der Waals surface area contributed by atoms with Crippen LogP contribution in [0.25, 0.3) is 11.0 Å². The summed E-state index contributed by atoms with van der Waals surface area (Å²) in [5, 5.41) is 12.9. The van der Waals surface area contributed by atoms with Crippen LogP contribution < -0.4 is 5.32 Å². The molecular weight excluding hydrogens is 575 g/mol. The first-order chi connectivity index (χ1) is 19.6. The van der Waals surface area contributed by atoms with Crippen LogP contribution in [0.1, 0.15) is 56.5 Å². The summed E-state index contributed by atoms with van der Waals surface area (Å²) in [5.74, 6) is -2.24. The van der Waals surface area contributed by atoms with E-state index in [1.54, 1.807) is 74.7 Å². The number of amides is 3. The molecule has 1 saturated heterocycles. The lowest BCUT2D eigenvalue weighted by molar-refractivity contribution is -0.190. The molecule has 9 nitrogen and oxygen atoms in total. The van der Waals surface area contributed by atoms with E-state index in [0.29, 0.717) is 46.6 Å². The van der Waals surface area contributed by atoms with Gasteiger partial charge in [0.05, 0.1) is 17.1 Å². The lowest BCUT2D eigenvalue weighted by atomic mass is 9.86. The minimum Gasteiger partial charge on any atom is -0.465 e. The Bertz CT molecular complexity index is 1480. The second-order valence-electron chi connectivity index (χ2n) is 11.6. The number of imidazole rings is 1. The Balaban J connectivity index is 1.73. The first-order valence-corrected chi connectivity index (χ1v) is 13.9. The number of rotatable bonds is 7. The zero-order valence-corrected chi connectivity index (χ0v) is 24.5. The van der Waals surface area contributed by atoms with Gasteiger partial charge >= 0.3 is 18.2 Å². The topological polar surface area (TPSA) is 108 Å². The predicted molar refractivity (Wildman–Crippen MR) is 152 cm³/mol. The SMILES string of the molecule is C[C@H](N(Cc1ccc2c(c1)nc(NC(=O)c1ccc(Cl)cc1)n2CC1CCCN1C(=O)O)C(=O)C(F)(F)F)C(C)(C)C. The molecule has 2 atom stereocenters. The number of likely N-dealkylation sites (tertiary alicyclic amines) is 1. The van der Waals surface area contributed by atoms with Crippen LogP contribution in [0.3, 0.4) is 0 Å². The Hall–Kier alpha value is -3.80. The summed E-state index contributed by atoms with van der Waals surface area (Å²) >= 11 is 5.94. The average molecular weight is 608 g/mol. The van der Waals surface area contributed by atoms with Gasteiger partial charge in [0.25, 0.3) is 5.91 Å². The number of hydrogen-bond acceptors (Lipinski definition) is 4. The number of halogens is 4. The molecule has 2 N–H and O–H groups in total. The summed E-state index contributed by atoms with van der Waals surface area (Å²) < 4.78 is 42.3. The van der Waals surface area contributed by atoms with Gasteiger partial charge in [-0.2, -0.15) is 13.2 Å². The number of carbonyl (C=O) groups is 3. The molecule has 42 heavy (non-hydrogen) atoms. The van der Waals surface area contributed by atoms with E-state index in [0.717, 1.165) is 4.90 Å². The molecule has 0 aliphatic carbocycles. The molecule has 13 heteroatoms. The van der Waals surface area contributed by atoms with Gasteiger partial charge in [-0.1, -0.05) is 38.4 Å². The van der Waals surface area contributed by atoms with Crippen molar-refractivity contribution >= 4 is 46.5 Å². The molecule has 3 aromatic rings. The van der Waals surface area contributed by atoms with E-state index in [4.69, 9.17) is 11.6 Å². The fourth-order valence-corrected chi connectivity index (χ4v) is 5.15. The van der Waals surface area contributed by atoms with E-state index in [-0.39, 0.29) is 25.1 Å². The average Bonchev–Trinajstić information content (AvgIpc) is 3.50. The number of hydrogen-bond donors (Lipinski definition) is 2. The highest BCUT2D eigenvalue weighted by molar-refractivity contribution is 6.30. The normalized spacial score (nSPS) is 16.5. The van der Waals surface area contributed by atoms with Crippen LogP contribution in [0, 0.1) is 5.41 Å². The maximum absolute atomic E-state index is 13.5. The third-order valence-electron chi connectivity index (χ3n) is 7.74. The minimum atomic E-state index is -5.04. The lowest BCUT2D eigenvalue weighted by Gasteiger charge is -2.38. The van der Waals surface area contributed by atoms with E-state index in [9.17, 15) is 32.7 Å². The van der Waals surface area contributed by atoms with E-state index in [1.807, 2.05) is 0 Å². The predicted octanol–water partition coefficient (Wildman–Crippen LogP) is 6.41.